The molecule has 0 aliphatic heterocycles. The molecule has 0 bridgehead atoms. The average molecular weight is 343 g/mol. The maximum atomic E-state index is 12.2. The zero-order chi connectivity index (χ0) is 17.7. The summed E-state index contributed by atoms with van der Waals surface area (Å²) in [6, 6.07) is 4.76. The quantitative estimate of drug-likeness (QED) is 0.538. The summed E-state index contributed by atoms with van der Waals surface area (Å²) in [7, 11) is -3.62. The van der Waals surface area contributed by atoms with Crippen LogP contribution in [-0.4, -0.2) is 33.2 Å². The highest BCUT2D eigenvalue weighted by atomic mass is 32.2. The van der Waals surface area contributed by atoms with Crippen LogP contribution in [0, 0.1) is 6.92 Å². The van der Waals surface area contributed by atoms with Crippen LogP contribution in [0.15, 0.2) is 23.1 Å². The highest BCUT2D eigenvalue weighted by Gasteiger charge is 2.18. The van der Waals surface area contributed by atoms with Crippen molar-refractivity contribution in [3.8, 4) is 0 Å². The van der Waals surface area contributed by atoms with Crippen LogP contribution in [0.2, 0.25) is 0 Å². The van der Waals surface area contributed by atoms with Gasteiger partial charge in [0, 0.05) is 18.8 Å². The van der Waals surface area contributed by atoms with Gasteiger partial charge in [0.05, 0.1) is 4.90 Å². The second-order valence-corrected chi connectivity index (χ2v) is 7.89. The number of nitrogens with one attached hydrogen (secondary N) is 2. The molecular formula is C15H25N3O4S. The number of anilines is 1. The van der Waals surface area contributed by atoms with Crippen molar-refractivity contribution >= 4 is 21.8 Å². The fourth-order valence-electron chi connectivity index (χ4n) is 1.80. The monoisotopic (exact) mass is 343 g/mol. The lowest BCUT2D eigenvalue weighted by Crippen LogP contribution is -2.34. The average Bonchev–Trinajstić information content (AvgIpc) is 2.39. The Morgan fingerprint density at radius 1 is 1.26 bits per heavy atom. The SMILES string of the molecule is Cc1c(N)cccc1S(=O)(=O)NCCCNC(=O)OC(C)(C)C. The molecular weight excluding hydrogens is 318 g/mol. The van der Waals surface area contributed by atoms with E-state index in [9.17, 15) is 13.2 Å². The maximum absolute atomic E-state index is 12.2. The van der Waals surface area contributed by atoms with E-state index < -0.39 is 21.7 Å². The van der Waals surface area contributed by atoms with Gasteiger partial charge in [-0.2, -0.15) is 0 Å². The molecule has 1 aromatic rings. The molecule has 8 heteroatoms. The molecule has 0 saturated carbocycles. The molecule has 1 amide bonds. The van der Waals surface area contributed by atoms with E-state index in [0.29, 0.717) is 24.2 Å². The number of ether oxygens (including phenoxy) is 1. The van der Waals surface area contributed by atoms with Crippen molar-refractivity contribution in [1.29, 1.82) is 0 Å². The van der Waals surface area contributed by atoms with Gasteiger partial charge >= 0.3 is 6.09 Å². The van der Waals surface area contributed by atoms with Crippen molar-refractivity contribution in [2.75, 3.05) is 18.8 Å². The number of hydrogen-bond acceptors (Lipinski definition) is 5. The van der Waals surface area contributed by atoms with Crippen LogP contribution in [0.3, 0.4) is 0 Å². The highest BCUT2D eigenvalue weighted by molar-refractivity contribution is 7.89. The number of carbonyl (C=O) groups is 1. The third kappa shape index (κ3) is 6.45. The van der Waals surface area contributed by atoms with Gasteiger partial charge in [0.15, 0.2) is 0 Å². The molecule has 23 heavy (non-hydrogen) atoms. The van der Waals surface area contributed by atoms with Gasteiger partial charge in [-0.15, -0.1) is 0 Å². The molecule has 0 radical (unpaired) electrons. The van der Waals surface area contributed by atoms with Gasteiger partial charge in [-0.25, -0.2) is 17.9 Å². The van der Waals surface area contributed by atoms with Crippen molar-refractivity contribution in [3.63, 3.8) is 0 Å². The van der Waals surface area contributed by atoms with E-state index in [0.717, 1.165) is 0 Å². The first-order valence-electron chi connectivity index (χ1n) is 7.34. The summed E-state index contributed by atoms with van der Waals surface area (Å²) in [5.74, 6) is 0. The number of nitrogens with two attached hydrogens (primary N) is 1. The minimum atomic E-state index is -3.62. The van der Waals surface area contributed by atoms with Crippen molar-refractivity contribution in [2.45, 2.75) is 44.6 Å². The summed E-state index contributed by atoms with van der Waals surface area (Å²) in [4.78, 5) is 11.6. The van der Waals surface area contributed by atoms with E-state index in [1.807, 2.05) is 0 Å². The highest BCUT2D eigenvalue weighted by Crippen LogP contribution is 2.19. The number of rotatable bonds is 6. The predicted molar refractivity (Wildman–Crippen MR) is 89.6 cm³/mol. The van der Waals surface area contributed by atoms with Gasteiger partial charge in [-0.1, -0.05) is 6.07 Å². The normalized spacial score (nSPS) is 12.0. The molecule has 0 unspecified atom stereocenters. The minimum absolute atomic E-state index is 0.164. The number of sulfonamides is 1. The smallest absolute Gasteiger partial charge is 0.407 e. The number of nitrogen functional groups attached to an aromatic ring is 1. The fourth-order valence-corrected chi connectivity index (χ4v) is 3.15. The van der Waals surface area contributed by atoms with E-state index in [1.54, 1.807) is 39.8 Å². The largest absolute Gasteiger partial charge is 0.444 e. The lowest BCUT2D eigenvalue weighted by atomic mass is 10.2. The van der Waals surface area contributed by atoms with Crippen molar-refractivity contribution in [1.82, 2.24) is 10.0 Å². The third-order valence-corrected chi connectivity index (χ3v) is 4.53. The third-order valence-electron chi connectivity index (χ3n) is 2.93. The summed E-state index contributed by atoms with van der Waals surface area (Å²) in [6.07, 6.45) is -0.0770. The first-order valence-corrected chi connectivity index (χ1v) is 8.83. The summed E-state index contributed by atoms with van der Waals surface area (Å²) >= 11 is 0. The van der Waals surface area contributed by atoms with Crippen LogP contribution in [0.5, 0.6) is 0 Å². The predicted octanol–water partition coefficient (Wildman–Crippen LogP) is 1.77. The second kappa shape index (κ2) is 7.65. The Bertz CT molecular complexity index is 651. The minimum Gasteiger partial charge on any atom is -0.444 e. The summed E-state index contributed by atoms with van der Waals surface area (Å²) in [6.45, 7) is 7.49. The zero-order valence-electron chi connectivity index (χ0n) is 14.0. The Kier molecular flexibility index (Phi) is 6.40. The van der Waals surface area contributed by atoms with Gasteiger partial charge in [0.25, 0.3) is 0 Å². The molecule has 0 spiro atoms. The van der Waals surface area contributed by atoms with Crippen LogP contribution in [0.25, 0.3) is 0 Å². The Hall–Kier alpha value is -1.80. The van der Waals surface area contributed by atoms with E-state index in [2.05, 4.69) is 10.0 Å². The van der Waals surface area contributed by atoms with Gasteiger partial charge < -0.3 is 15.8 Å². The number of benzene rings is 1. The number of hydrogen-bond donors (Lipinski definition) is 3. The first-order chi connectivity index (χ1) is 10.5. The molecule has 0 aromatic heterocycles. The molecule has 1 rings (SSSR count). The Morgan fingerprint density at radius 2 is 1.91 bits per heavy atom. The van der Waals surface area contributed by atoms with Gasteiger partial charge in [0.2, 0.25) is 10.0 Å². The molecule has 4 N–H and O–H groups in total. The maximum Gasteiger partial charge on any atom is 0.407 e. The topological polar surface area (TPSA) is 111 Å². The van der Waals surface area contributed by atoms with Gasteiger partial charge in [0.1, 0.15) is 5.60 Å². The first kappa shape index (κ1) is 19.2. The van der Waals surface area contributed by atoms with E-state index in [4.69, 9.17) is 10.5 Å². The van der Waals surface area contributed by atoms with E-state index >= 15 is 0 Å². The molecule has 130 valence electrons. The van der Waals surface area contributed by atoms with Gasteiger partial charge in [-0.05, 0) is 51.8 Å². The Labute approximate surface area is 137 Å². The zero-order valence-corrected chi connectivity index (χ0v) is 14.8. The summed E-state index contributed by atoms with van der Waals surface area (Å²) < 4.78 is 32.0. The van der Waals surface area contributed by atoms with E-state index in [1.165, 1.54) is 6.07 Å². The second-order valence-electron chi connectivity index (χ2n) is 6.15. The standard InChI is InChI=1S/C15H25N3O4S/c1-11-12(16)7-5-8-13(11)23(20,21)18-10-6-9-17-14(19)22-15(2,3)4/h5,7-8,18H,6,9-10,16H2,1-4H3,(H,17,19). The Morgan fingerprint density at radius 3 is 2.52 bits per heavy atom. The molecule has 0 atom stereocenters. The van der Waals surface area contributed by atoms with E-state index in [-0.39, 0.29) is 11.4 Å². The molecule has 7 nitrogen and oxygen atoms in total. The summed E-state index contributed by atoms with van der Waals surface area (Å²) in [5.41, 5.74) is 6.11. The van der Waals surface area contributed by atoms with Crippen LogP contribution >= 0.6 is 0 Å². The fraction of sp³-hybridized carbons (Fsp3) is 0.533. The molecule has 0 fully saturated rings. The molecule has 0 aliphatic carbocycles. The lowest BCUT2D eigenvalue weighted by molar-refractivity contribution is 0.0527. The van der Waals surface area contributed by atoms with Crippen LogP contribution in [-0.2, 0) is 14.8 Å². The molecule has 0 aliphatic rings. The molecule has 0 saturated heterocycles. The van der Waals surface area contributed by atoms with Crippen LogP contribution in [0.1, 0.15) is 32.8 Å². The lowest BCUT2D eigenvalue weighted by Gasteiger charge is -2.19. The number of amides is 1. The van der Waals surface area contributed by atoms with Crippen molar-refractivity contribution in [2.24, 2.45) is 0 Å². The number of carbonyl (C=O) groups excluding carboxylic acids is 1. The van der Waals surface area contributed by atoms with Crippen LogP contribution < -0.4 is 15.8 Å². The number of alkyl carbamates (subject to hydrolysis) is 1. The molecule has 0 heterocycles. The van der Waals surface area contributed by atoms with Crippen molar-refractivity contribution < 1.29 is 17.9 Å². The molecule has 1 aromatic carbocycles. The van der Waals surface area contributed by atoms with Gasteiger partial charge in [-0.3, -0.25) is 0 Å². The Balaban J connectivity index is 2.44. The van der Waals surface area contributed by atoms with Crippen LogP contribution in [0.4, 0.5) is 10.5 Å². The van der Waals surface area contributed by atoms with Crippen molar-refractivity contribution in [3.05, 3.63) is 23.8 Å². The summed E-state index contributed by atoms with van der Waals surface area (Å²) in [5, 5.41) is 2.57.